The minimum absolute atomic E-state index is 0.0762. The fourth-order valence-corrected chi connectivity index (χ4v) is 4.23. The first-order valence-electron chi connectivity index (χ1n) is 10.8. The number of non-ortho nitro benzene ring substituents is 1. The monoisotopic (exact) mass is 445 g/mol. The molecule has 2 aliphatic rings. The van der Waals surface area contributed by atoms with Crippen LogP contribution in [0.2, 0.25) is 0 Å². The molecule has 2 unspecified atom stereocenters. The zero-order valence-electron chi connectivity index (χ0n) is 17.9. The van der Waals surface area contributed by atoms with Crippen LogP contribution >= 0.6 is 0 Å². The zero-order chi connectivity index (χ0) is 22.4. The van der Waals surface area contributed by atoms with Crippen molar-refractivity contribution in [1.29, 1.82) is 0 Å². The maximum atomic E-state index is 10.9. The first kappa shape index (κ1) is 22.5. The van der Waals surface area contributed by atoms with E-state index in [9.17, 15) is 15.2 Å². The van der Waals surface area contributed by atoms with E-state index in [1.807, 2.05) is 24.3 Å². The Morgan fingerprint density at radius 1 is 1.12 bits per heavy atom. The molecule has 2 aliphatic heterocycles. The van der Waals surface area contributed by atoms with Crippen LogP contribution in [0.4, 0.5) is 5.69 Å². The number of nitro groups is 1. The summed E-state index contributed by atoms with van der Waals surface area (Å²) in [6.07, 6.45) is -0.869. The van der Waals surface area contributed by atoms with Crippen LogP contribution in [0.1, 0.15) is 5.56 Å². The normalized spacial score (nSPS) is 20.5. The highest BCUT2D eigenvalue weighted by Crippen LogP contribution is 2.31. The Bertz CT molecular complexity index is 899. The van der Waals surface area contributed by atoms with Gasteiger partial charge in [-0.15, -0.1) is 0 Å². The molecule has 0 saturated carbocycles. The lowest BCUT2D eigenvalue weighted by molar-refractivity contribution is -0.950. The number of ether oxygens (including phenoxy) is 4. The molecule has 0 radical (unpaired) electrons. The fraction of sp³-hybridized carbons (Fsp3) is 0.478. The number of morpholine rings is 1. The van der Waals surface area contributed by atoms with E-state index in [-0.39, 0.29) is 18.4 Å². The van der Waals surface area contributed by atoms with Crippen LogP contribution in [0.15, 0.2) is 48.5 Å². The van der Waals surface area contributed by atoms with Gasteiger partial charge in [0.25, 0.3) is 5.69 Å². The number of nitro benzene ring substituents is 1. The van der Waals surface area contributed by atoms with E-state index >= 15 is 0 Å². The molecule has 172 valence electrons. The number of nitrogens with zero attached hydrogens (tertiary/aromatic N) is 2. The van der Waals surface area contributed by atoms with Crippen molar-refractivity contribution >= 4 is 5.69 Å². The van der Waals surface area contributed by atoms with Crippen LogP contribution in [0.3, 0.4) is 0 Å². The van der Waals surface area contributed by atoms with Crippen LogP contribution in [-0.2, 0) is 16.0 Å². The molecule has 1 fully saturated rings. The van der Waals surface area contributed by atoms with Gasteiger partial charge in [-0.05, 0) is 24.3 Å². The lowest BCUT2D eigenvalue weighted by Crippen LogP contribution is -2.58. The molecule has 4 rings (SSSR count). The maximum Gasteiger partial charge on any atom is 0.269 e. The maximum absolute atomic E-state index is 10.9. The quantitative estimate of drug-likeness (QED) is 0.359. The van der Waals surface area contributed by atoms with Crippen LogP contribution in [0.5, 0.6) is 11.5 Å². The van der Waals surface area contributed by atoms with E-state index in [1.165, 1.54) is 12.1 Å². The molecule has 1 N–H and O–H groups in total. The highest BCUT2D eigenvalue weighted by molar-refractivity contribution is 5.40. The number of fused-ring (bicyclic) bond motifs is 1. The molecule has 0 bridgehead atoms. The van der Waals surface area contributed by atoms with Crippen molar-refractivity contribution in [2.75, 3.05) is 52.7 Å². The first-order valence-corrected chi connectivity index (χ1v) is 10.8. The summed E-state index contributed by atoms with van der Waals surface area (Å²) in [7, 11) is 0. The van der Waals surface area contributed by atoms with Gasteiger partial charge < -0.3 is 28.5 Å². The van der Waals surface area contributed by atoms with E-state index in [0.29, 0.717) is 49.7 Å². The smallest absolute Gasteiger partial charge is 0.269 e. The Morgan fingerprint density at radius 3 is 2.56 bits per heavy atom. The summed E-state index contributed by atoms with van der Waals surface area (Å²) < 4.78 is 23.5. The first-order chi connectivity index (χ1) is 15.5. The summed E-state index contributed by atoms with van der Waals surface area (Å²) in [5, 5.41) is 21.6. The summed E-state index contributed by atoms with van der Waals surface area (Å²) in [4.78, 5) is 10.5. The number of benzene rings is 2. The summed E-state index contributed by atoms with van der Waals surface area (Å²) in [5.74, 6) is 1.43. The van der Waals surface area contributed by atoms with Gasteiger partial charge in [-0.25, -0.2) is 0 Å². The van der Waals surface area contributed by atoms with Gasteiger partial charge in [0.05, 0.1) is 31.4 Å². The molecule has 0 spiro atoms. The Kier molecular flexibility index (Phi) is 7.21. The molecule has 1 saturated heterocycles. The van der Waals surface area contributed by atoms with Gasteiger partial charge in [-0.2, -0.15) is 0 Å². The van der Waals surface area contributed by atoms with Gasteiger partial charge in [0.2, 0.25) is 0 Å². The molecule has 0 aliphatic carbocycles. The third kappa shape index (κ3) is 5.74. The molecule has 9 nitrogen and oxygen atoms in total. The van der Waals surface area contributed by atoms with Crippen LogP contribution in [0, 0.1) is 10.1 Å². The van der Waals surface area contributed by atoms with Crippen LogP contribution in [0.25, 0.3) is 0 Å². The molecule has 0 amide bonds. The largest absolute Gasteiger partial charge is 0.486 e. The zero-order valence-corrected chi connectivity index (χ0v) is 17.9. The Hall–Kier alpha value is -2.72. The van der Waals surface area contributed by atoms with Crippen LogP contribution < -0.4 is 9.47 Å². The molecule has 9 heteroatoms. The third-order valence-electron chi connectivity index (χ3n) is 5.86. The van der Waals surface area contributed by atoms with E-state index < -0.39 is 11.0 Å². The molecule has 2 aromatic carbocycles. The molecular weight excluding hydrogens is 416 g/mol. The van der Waals surface area contributed by atoms with Crippen molar-refractivity contribution in [3.05, 3.63) is 64.2 Å². The van der Waals surface area contributed by atoms with E-state index in [2.05, 4.69) is 0 Å². The van der Waals surface area contributed by atoms with Gasteiger partial charge in [0.15, 0.2) is 17.6 Å². The number of hydrogen-bond donors (Lipinski definition) is 1. The lowest BCUT2D eigenvalue weighted by atomic mass is 10.1. The summed E-state index contributed by atoms with van der Waals surface area (Å²) in [6.45, 7) is 4.90. The van der Waals surface area contributed by atoms with Gasteiger partial charge in [-0.1, -0.05) is 12.1 Å². The molecular formula is C23H29N2O7+. The van der Waals surface area contributed by atoms with Crippen molar-refractivity contribution in [3.63, 3.8) is 0 Å². The van der Waals surface area contributed by atoms with Crippen molar-refractivity contribution in [1.82, 2.24) is 0 Å². The summed E-state index contributed by atoms with van der Waals surface area (Å²) >= 11 is 0. The molecule has 2 atom stereocenters. The Labute approximate surface area is 186 Å². The minimum atomic E-state index is -0.650. The lowest BCUT2D eigenvalue weighted by Gasteiger charge is -2.42. The topological polar surface area (TPSA) is 100 Å². The highest BCUT2D eigenvalue weighted by Gasteiger charge is 2.33. The second-order valence-corrected chi connectivity index (χ2v) is 8.35. The molecule has 2 aromatic rings. The Morgan fingerprint density at radius 2 is 1.84 bits per heavy atom. The standard InChI is InChI=1S/C23H29N2O7/c26-20(15-30-16-21-17-31-22-3-1-2-4-23(22)32-21)14-25(9-11-29-12-10-25)13-18-5-7-19(8-6-18)24(27)28/h1-8,20-21,26H,9-17H2/q+1. The van der Waals surface area contributed by atoms with Gasteiger partial charge in [-0.3, -0.25) is 10.1 Å². The average molecular weight is 445 g/mol. The molecule has 32 heavy (non-hydrogen) atoms. The Balaban J connectivity index is 1.29. The predicted molar refractivity (Wildman–Crippen MR) is 116 cm³/mol. The van der Waals surface area contributed by atoms with Gasteiger partial charge in [0.1, 0.15) is 38.9 Å². The third-order valence-corrected chi connectivity index (χ3v) is 5.86. The van der Waals surface area contributed by atoms with Crippen molar-refractivity contribution in [3.8, 4) is 11.5 Å². The van der Waals surface area contributed by atoms with Crippen molar-refractivity contribution in [2.45, 2.75) is 18.8 Å². The second kappa shape index (κ2) is 10.3. The SMILES string of the molecule is O=[N+]([O-])c1ccc(C[N+]2(CC(O)COCC3COc4ccccc4O3)CCOCC2)cc1. The van der Waals surface area contributed by atoms with Crippen molar-refractivity contribution < 1.29 is 33.5 Å². The van der Waals surface area contributed by atoms with Gasteiger partial charge >= 0.3 is 0 Å². The number of aliphatic hydroxyl groups is 1. The number of rotatable bonds is 9. The minimum Gasteiger partial charge on any atom is -0.486 e. The van der Waals surface area contributed by atoms with Crippen molar-refractivity contribution in [2.24, 2.45) is 0 Å². The van der Waals surface area contributed by atoms with E-state index in [4.69, 9.17) is 18.9 Å². The molecule has 2 heterocycles. The summed E-state index contributed by atoms with van der Waals surface area (Å²) in [5.41, 5.74) is 1.07. The fourth-order valence-electron chi connectivity index (χ4n) is 4.23. The van der Waals surface area contributed by atoms with E-state index in [1.54, 1.807) is 12.1 Å². The number of quaternary nitrogens is 1. The number of hydrogen-bond acceptors (Lipinski definition) is 7. The number of para-hydroxylation sites is 2. The highest BCUT2D eigenvalue weighted by atomic mass is 16.6. The van der Waals surface area contributed by atoms with Gasteiger partial charge in [0, 0.05) is 17.7 Å². The number of aliphatic hydroxyl groups excluding tert-OH is 1. The second-order valence-electron chi connectivity index (χ2n) is 8.35. The molecule has 0 aromatic heterocycles. The summed E-state index contributed by atoms with van der Waals surface area (Å²) in [6, 6.07) is 14.1. The van der Waals surface area contributed by atoms with E-state index in [0.717, 1.165) is 24.4 Å². The predicted octanol–water partition coefficient (Wildman–Crippen LogP) is 2.16. The van der Waals surface area contributed by atoms with Crippen LogP contribution in [-0.4, -0.2) is 79.4 Å². The average Bonchev–Trinajstić information content (AvgIpc) is 2.80.